The topological polar surface area (TPSA) is 9.23 Å². The molecular weight excluding hydrogens is 457 g/mol. The maximum absolute atomic E-state index is 7.28. The van der Waals surface area contributed by atoms with Gasteiger partial charge in [0.2, 0.25) is 0 Å². The second-order valence-electron chi connectivity index (χ2n) is 11.8. The first-order chi connectivity index (χ1) is 15.6. The first kappa shape index (κ1) is 27.5. The molecule has 0 N–H and O–H groups in total. The van der Waals surface area contributed by atoms with E-state index >= 15 is 0 Å². The van der Waals surface area contributed by atoms with E-state index in [9.17, 15) is 0 Å². The Labute approximate surface area is 215 Å². The summed E-state index contributed by atoms with van der Waals surface area (Å²) in [6.45, 7) is 19.2. The van der Waals surface area contributed by atoms with Crippen LogP contribution in [0.3, 0.4) is 0 Å². The zero-order valence-corrected chi connectivity index (χ0v) is 25.3. The van der Waals surface area contributed by atoms with Gasteiger partial charge in [-0.1, -0.05) is 64.8 Å². The van der Waals surface area contributed by atoms with Gasteiger partial charge in [0.05, 0.1) is 10.3 Å². The zero-order valence-electron chi connectivity index (χ0n) is 22.7. The molecule has 1 saturated heterocycles. The molecule has 188 valence electrons. The number of rotatable bonds is 6. The molecule has 0 amide bonds. The van der Waals surface area contributed by atoms with Crippen molar-refractivity contribution >= 4 is 31.8 Å². The molecule has 3 rings (SSSR count). The van der Waals surface area contributed by atoms with Gasteiger partial charge in [-0.05, 0) is 81.0 Å². The van der Waals surface area contributed by atoms with E-state index in [0.29, 0.717) is 28.0 Å². The second kappa shape index (κ2) is 11.8. The molecule has 0 saturated carbocycles. The van der Waals surface area contributed by atoms with Crippen molar-refractivity contribution in [2.75, 3.05) is 11.5 Å². The van der Waals surface area contributed by atoms with E-state index in [1.54, 1.807) is 11.1 Å². The highest BCUT2D eigenvalue weighted by Crippen LogP contribution is 2.58. The predicted octanol–water partition coefficient (Wildman–Crippen LogP) is 10.1. The summed E-state index contributed by atoms with van der Waals surface area (Å²) < 4.78 is 8.01. The lowest BCUT2D eigenvalue weighted by Gasteiger charge is -2.49. The van der Waals surface area contributed by atoms with Gasteiger partial charge in [0, 0.05) is 23.3 Å². The van der Waals surface area contributed by atoms with Gasteiger partial charge in [-0.3, -0.25) is 0 Å². The van der Waals surface area contributed by atoms with E-state index < -0.39 is 8.32 Å². The van der Waals surface area contributed by atoms with E-state index in [2.05, 4.69) is 97.1 Å². The highest BCUT2D eigenvalue weighted by molar-refractivity contribution is 8.20. The predicted molar refractivity (Wildman–Crippen MR) is 155 cm³/mol. The third-order valence-corrected chi connectivity index (χ3v) is 18.3. The number of allylic oxidation sites excluding steroid dienone is 6. The third kappa shape index (κ3) is 6.02. The first-order valence-electron chi connectivity index (χ1n) is 13.6. The summed E-state index contributed by atoms with van der Waals surface area (Å²) in [5.74, 6) is 4.61. The van der Waals surface area contributed by atoms with Crippen LogP contribution in [0.2, 0.25) is 16.6 Å². The van der Waals surface area contributed by atoms with Gasteiger partial charge in [-0.15, -0.1) is 23.5 Å². The Kier molecular flexibility index (Phi) is 9.83. The maximum atomic E-state index is 7.28. The maximum Gasteiger partial charge on any atom is 0.258 e. The van der Waals surface area contributed by atoms with E-state index in [0.717, 1.165) is 11.0 Å². The van der Waals surface area contributed by atoms with Crippen molar-refractivity contribution in [2.24, 2.45) is 11.3 Å². The van der Waals surface area contributed by atoms with E-state index in [1.807, 2.05) is 0 Å². The van der Waals surface area contributed by atoms with Gasteiger partial charge in [-0.2, -0.15) is 0 Å². The Balaban J connectivity index is 2.01. The van der Waals surface area contributed by atoms with Crippen LogP contribution in [0, 0.1) is 11.3 Å². The van der Waals surface area contributed by atoms with Gasteiger partial charge in [0.25, 0.3) is 8.32 Å². The van der Waals surface area contributed by atoms with Gasteiger partial charge in [-0.25, -0.2) is 0 Å². The number of hydrogen-bond donors (Lipinski definition) is 0. The lowest BCUT2D eigenvalue weighted by Crippen LogP contribution is -2.48. The summed E-state index contributed by atoms with van der Waals surface area (Å²) in [5, 5.41) is 0. The molecule has 1 fully saturated rings. The molecule has 2 atom stereocenters. The van der Waals surface area contributed by atoms with Crippen LogP contribution in [0.15, 0.2) is 35.1 Å². The van der Waals surface area contributed by atoms with Crippen LogP contribution in [0.25, 0.3) is 0 Å². The quantitative estimate of drug-likeness (QED) is 0.262. The summed E-state index contributed by atoms with van der Waals surface area (Å²) in [6, 6.07) is 0. The van der Waals surface area contributed by atoms with Gasteiger partial charge in [0.1, 0.15) is 0 Å². The summed E-state index contributed by atoms with van der Waals surface area (Å²) >= 11 is 4.49. The molecule has 1 heterocycles. The Morgan fingerprint density at radius 2 is 1.48 bits per heavy atom. The van der Waals surface area contributed by atoms with E-state index in [1.165, 1.54) is 55.8 Å². The molecule has 0 bridgehead atoms. The molecule has 3 aliphatic rings. The van der Waals surface area contributed by atoms with Crippen molar-refractivity contribution in [3.63, 3.8) is 0 Å². The molecule has 1 nitrogen and oxygen atoms in total. The molecule has 33 heavy (non-hydrogen) atoms. The highest BCUT2D eigenvalue weighted by Gasteiger charge is 2.51. The fourth-order valence-corrected chi connectivity index (χ4v) is 15.8. The summed E-state index contributed by atoms with van der Waals surface area (Å²) in [6.07, 6.45) is 16.4. The van der Waals surface area contributed by atoms with Crippen LogP contribution in [-0.2, 0) is 4.43 Å². The lowest BCUT2D eigenvalue weighted by atomic mass is 9.65. The molecular formula is C29H50OS2Si. The molecule has 1 aliphatic heterocycles. The molecule has 0 radical (unpaired) electrons. The van der Waals surface area contributed by atoms with Crippen LogP contribution in [-0.4, -0.2) is 24.4 Å². The molecule has 0 unspecified atom stereocenters. The lowest BCUT2D eigenvalue weighted by molar-refractivity contribution is 0.162. The average molecular weight is 507 g/mol. The number of hydrogen-bond acceptors (Lipinski definition) is 3. The van der Waals surface area contributed by atoms with Crippen LogP contribution < -0.4 is 0 Å². The van der Waals surface area contributed by atoms with Crippen LogP contribution in [0.4, 0.5) is 0 Å². The monoisotopic (exact) mass is 506 g/mol. The summed E-state index contributed by atoms with van der Waals surface area (Å²) in [4.78, 5) is 0. The van der Waals surface area contributed by atoms with Gasteiger partial charge in [0.15, 0.2) is 0 Å². The van der Waals surface area contributed by atoms with Crippen molar-refractivity contribution in [3.05, 3.63) is 35.1 Å². The van der Waals surface area contributed by atoms with Crippen molar-refractivity contribution in [1.29, 1.82) is 0 Å². The minimum absolute atomic E-state index is 0.377. The normalized spacial score (nSPS) is 31.5. The molecule has 0 aromatic heterocycles. The Morgan fingerprint density at radius 3 is 2.09 bits per heavy atom. The molecule has 2 aliphatic carbocycles. The van der Waals surface area contributed by atoms with Crippen molar-refractivity contribution in [3.8, 4) is 0 Å². The van der Waals surface area contributed by atoms with Gasteiger partial charge < -0.3 is 4.43 Å². The Bertz CT molecular complexity index is 723. The van der Waals surface area contributed by atoms with E-state index in [-0.39, 0.29) is 0 Å². The van der Waals surface area contributed by atoms with Crippen LogP contribution >= 0.6 is 23.5 Å². The Hall–Kier alpha value is -0.0631. The average Bonchev–Trinajstić information content (AvgIpc) is 3.29. The third-order valence-electron chi connectivity index (χ3n) is 8.78. The van der Waals surface area contributed by atoms with Crippen molar-refractivity contribution in [2.45, 2.75) is 122 Å². The van der Waals surface area contributed by atoms with Gasteiger partial charge >= 0.3 is 0 Å². The largest absolute Gasteiger partial charge is 0.546 e. The first-order valence-corrected chi connectivity index (χ1v) is 17.8. The van der Waals surface area contributed by atoms with Crippen LogP contribution in [0.1, 0.15) is 100 Å². The standard InChI is InChI=1S/C29H50OS2Si/c1-21(2)33(22(3)4,23(5)6)30-27-15-17-29(28-31-18-19-32-28)16-14-25(8)11-9-10-24(7)12-13-26(29)20-27/h10,14,20-23,26,28H,9,11-13,15-19H2,1-8H3/b24-10+,25-14+/t26-,29+/m1/s1. The molecule has 0 aromatic carbocycles. The second-order valence-corrected chi connectivity index (χ2v) is 19.9. The fourth-order valence-electron chi connectivity index (χ4n) is 6.88. The zero-order chi connectivity index (χ0) is 24.2. The summed E-state index contributed by atoms with van der Waals surface area (Å²) in [5.41, 5.74) is 5.45. The van der Waals surface area contributed by atoms with E-state index in [4.69, 9.17) is 4.43 Å². The molecule has 0 aromatic rings. The minimum Gasteiger partial charge on any atom is -0.546 e. The Morgan fingerprint density at radius 1 is 0.879 bits per heavy atom. The highest BCUT2D eigenvalue weighted by atomic mass is 32.2. The molecule has 4 heteroatoms. The van der Waals surface area contributed by atoms with Crippen molar-refractivity contribution in [1.82, 2.24) is 0 Å². The molecule has 0 spiro atoms. The summed E-state index contributed by atoms with van der Waals surface area (Å²) in [7, 11) is -1.90. The van der Waals surface area contributed by atoms with Crippen molar-refractivity contribution < 1.29 is 4.43 Å². The smallest absolute Gasteiger partial charge is 0.258 e. The number of thioether (sulfide) groups is 2. The fraction of sp³-hybridized carbons (Fsp3) is 0.793. The van der Waals surface area contributed by atoms with Crippen LogP contribution in [0.5, 0.6) is 0 Å². The SMILES string of the molecule is C/C1=C\C[C@]2(C3SCCS3)CCC(O[Si](C(C)C)(C(C)C)C(C)C)=C[C@H]2CC/C(C)=C/CC1. The number of fused-ring (bicyclic) bond motifs is 1. The minimum atomic E-state index is -1.90.